The maximum Gasteiger partial charge on any atom is 0.407 e. The van der Waals surface area contributed by atoms with Crippen molar-refractivity contribution in [3.63, 3.8) is 0 Å². The standard InChI is InChI=1S/C18H24N2O4/c1-18(2,3)24-17(22)20-11-9-16(21)19-10-8-13-12-23-15-7-5-4-6-14(13)15/h4-7,12H,8-11H2,1-3H3,(H,19,21)(H,20,22). The summed E-state index contributed by atoms with van der Waals surface area (Å²) in [5, 5.41) is 6.46. The number of carbonyl (C=O) groups excluding carboxylic acids is 2. The highest BCUT2D eigenvalue weighted by Crippen LogP contribution is 2.20. The van der Waals surface area contributed by atoms with E-state index in [4.69, 9.17) is 9.15 Å². The molecule has 1 heterocycles. The summed E-state index contributed by atoms with van der Waals surface area (Å²) in [5.41, 5.74) is 1.37. The minimum Gasteiger partial charge on any atom is -0.464 e. The Balaban J connectivity index is 1.66. The van der Waals surface area contributed by atoms with Crippen LogP contribution in [0.2, 0.25) is 0 Å². The number of para-hydroxylation sites is 1. The molecule has 0 spiro atoms. The Hall–Kier alpha value is -2.50. The van der Waals surface area contributed by atoms with E-state index >= 15 is 0 Å². The number of benzene rings is 1. The average molecular weight is 332 g/mol. The first-order valence-corrected chi connectivity index (χ1v) is 8.04. The number of fused-ring (bicyclic) bond motifs is 1. The van der Waals surface area contributed by atoms with Crippen molar-refractivity contribution in [2.24, 2.45) is 0 Å². The molecular weight excluding hydrogens is 308 g/mol. The number of alkyl carbamates (subject to hydrolysis) is 1. The molecule has 2 rings (SSSR count). The van der Waals surface area contributed by atoms with Gasteiger partial charge in [-0.15, -0.1) is 0 Å². The summed E-state index contributed by atoms with van der Waals surface area (Å²) in [6, 6.07) is 7.80. The van der Waals surface area contributed by atoms with Crippen LogP contribution in [0, 0.1) is 0 Å². The van der Waals surface area contributed by atoms with Gasteiger partial charge in [0.25, 0.3) is 0 Å². The Morgan fingerprint density at radius 2 is 1.88 bits per heavy atom. The van der Waals surface area contributed by atoms with Gasteiger partial charge in [0.2, 0.25) is 5.91 Å². The quantitative estimate of drug-likeness (QED) is 0.852. The predicted molar refractivity (Wildman–Crippen MR) is 91.8 cm³/mol. The number of ether oxygens (including phenoxy) is 1. The Kier molecular flexibility index (Phi) is 5.84. The molecule has 6 heteroatoms. The van der Waals surface area contributed by atoms with Gasteiger partial charge in [0, 0.05) is 24.9 Å². The second-order valence-corrected chi connectivity index (χ2v) is 6.54. The van der Waals surface area contributed by atoms with Crippen molar-refractivity contribution in [3.8, 4) is 0 Å². The van der Waals surface area contributed by atoms with Gasteiger partial charge in [0.15, 0.2) is 0 Å². The summed E-state index contributed by atoms with van der Waals surface area (Å²) in [6.07, 6.45) is 2.12. The number of hydrogen-bond acceptors (Lipinski definition) is 4. The van der Waals surface area contributed by atoms with Gasteiger partial charge < -0.3 is 19.8 Å². The lowest BCUT2D eigenvalue weighted by Gasteiger charge is -2.19. The lowest BCUT2D eigenvalue weighted by Crippen LogP contribution is -2.35. The third-order valence-corrected chi connectivity index (χ3v) is 3.30. The third kappa shape index (κ3) is 5.61. The second-order valence-electron chi connectivity index (χ2n) is 6.54. The number of nitrogens with one attached hydrogen (secondary N) is 2. The smallest absolute Gasteiger partial charge is 0.407 e. The van der Waals surface area contributed by atoms with E-state index in [1.54, 1.807) is 27.0 Å². The Bertz CT molecular complexity index is 700. The average Bonchev–Trinajstić information content (AvgIpc) is 2.89. The van der Waals surface area contributed by atoms with E-state index in [1.807, 2.05) is 24.3 Å². The van der Waals surface area contributed by atoms with Crippen molar-refractivity contribution in [1.82, 2.24) is 10.6 Å². The molecule has 0 saturated heterocycles. The van der Waals surface area contributed by atoms with Crippen LogP contribution < -0.4 is 10.6 Å². The number of carbonyl (C=O) groups is 2. The summed E-state index contributed by atoms with van der Waals surface area (Å²) >= 11 is 0. The summed E-state index contributed by atoms with van der Waals surface area (Å²) < 4.78 is 10.6. The molecule has 2 N–H and O–H groups in total. The SMILES string of the molecule is CC(C)(C)OC(=O)NCCC(=O)NCCc1coc2ccccc12. The maximum atomic E-state index is 11.8. The number of hydrogen-bond donors (Lipinski definition) is 2. The summed E-state index contributed by atoms with van der Waals surface area (Å²) in [5.74, 6) is -0.112. The van der Waals surface area contributed by atoms with Crippen LogP contribution in [-0.4, -0.2) is 30.7 Å². The van der Waals surface area contributed by atoms with Crippen LogP contribution in [-0.2, 0) is 16.0 Å². The van der Waals surface area contributed by atoms with Crippen molar-refractivity contribution >= 4 is 23.0 Å². The molecule has 0 bridgehead atoms. The van der Waals surface area contributed by atoms with E-state index in [2.05, 4.69) is 10.6 Å². The molecule has 1 aromatic heterocycles. The molecule has 2 amide bonds. The zero-order valence-corrected chi connectivity index (χ0v) is 14.3. The molecule has 0 aliphatic rings. The molecule has 0 aliphatic heterocycles. The highest BCUT2D eigenvalue weighted by molar-refractivity contribution is 5.81. The third-order valence-electron chi connectivity index (χ3n) is 3.30. The summed E-state index contributed by atoms with van der Waals surface area (Å²) in [4.78, 5) is 23.2. The minimum absolute atomic E-state index is 0.112. The van der Waals surface area contributed by atoms with Crippen molar-refractivity contribution in [3.05, 3.63) is 36.1 Å². The fraction of sp³-hybridized carbons (Fsp3) is 0.444. The lowest BCUT2D eigenvalue weighted by molar-refractivity contribution is -0.120. The monoisotopic (exact) mass is 332 g/mol. The Morgan fingerprint density at radius 3 is 2.62 bits per heavy atom. The van der Waals surface area contributed by atoms with Gasteiger partial charge in [-0.25, -0.2) is 4.79 Å². The first kappa shape index (κ1) is 17.8. The van der Waals surface area contributed by atoms with Gasteiger partial charge in [-0.3, -0.25) is 4.79 Å². The zero-order chi connectivity index (χ0) is 17.6. The van der Waals surface area contributed by atoms with Crippen molar-refractivity contribution in [2.75, 3.05) is 13.1 Å². The molecule has 0 unspecified atom stereocenters. The Morgan fingerprint density at radius 1 is 1.12 bits per heavy atom. The van der Waals surface area contributed by atoms with Crippen LogP contribution in [0.15, 0.2) is 34.9 Å². The highest BCUT2D eigenvalue weighted by Gasteiger charge is 2.15. The van der Waals surface area contributed by atoms with Gasteiger partial charge in [0.1, 0.15) is 11.2 Å². The molecular formula is C18H24N2O4. The largest absolute Gasteiger partial charge is 0.464 e. The van der Waals surface area contributed by atoms with Crippen molar-refractivity contribution in [1.29, 1.82) is 0 Å². The fourth-order valence-corrected chi connectivity index (χ4v) is 2.24. The van der Waals surface area contributed by atoms with Crippen LogP contribution in [0.25, 0.3) is 11.0 Å². The van der Waals surface area contributed by atoms with E-state index in [1.165, 1.54) is 0 Å². The van der Waals surface area contributed by atoms with Gasteiger partial charge in [-0.05, 0) is 38.8 Å². The van der Waals surface area contributed by atoms with Gasteiger partial charge in [-0.2, -0.15) is 0 Å². The van der Waals surface area contributed by atoms with E-state index in [0.717, 1.165) is 16.5 Å². The van der Waals surface area contributed by atoms with Crippen molar-refractivity contribution in [2.45, 2.75) is 39.2 Å². The predicted octanol–water partition coefficient (Wildman–Crippen LogP) is 3.01. The molecule has 24 heavy (non-hydrogen) atoms. The topological polar surface area (TPSA) is 80.6 Å². The lowest BCUT2D eigenvalue weighted by atomic mass is 10.1. The number of furan rings is 1. The number of rotatable bonds is 6. The van der Waals surface area contributed by atoms with E-state index in [0.29, 0.717) is 13.0 Å². The van der Waals surface area contributed by atoms with Crippen molar-refractivity contribution < 1.29 is 18.7 Å². The zero-order valence-electron chi connectivity index (χ0n) is 14.3. The maximum absolute atomic E-state index is 11.8. The van der Waals surface area contributed by atoms with Gasteiger partial charge >= 0.3 is 6.09 Å². The second kappa shape index (κ2) is 7.86. The molecule has 2 aromatic rings. The first-order valence-electron chi connectivity index (χ1n) is 8.04. The molecule has 0 fully saturated rings. The normalized spacial score (nSPS) is 11.3. The molecule has 0 saturated carbocycles. The molecule has 130 valence electrons. The molecule has 0 aliphatic carbocycles. The summed E-state index contributed by atoms with van der Waals surface area (Å²) in [6.45, 7) is 6.14. The molecule has 0 radical (unpaired) electrons. The van der Waals surface area contributed by atoms with Crippen LogP contribution in [0.3, 0.4) is 0 Å². The summed E-state index contributed by atoms with van der Waals surface area (Å²) in [7, 11) is 0. The number of amides is 2. The van der Waals surface area contributed by atoms with Crippen LogP contribution in [0.1, 0.15) is 32.8 Å². The van der Waals surface area contributed by atoms with Gasteiger partial charge in [0.05, 0.1) is 6.26 Å². The van der Waals surface area contributed by atoms with E-state index in [-0.39, 0.29) is 18.9 Å². The van der Waals surface area contributed by atoms with Crippen LogP contribution in [0.4, 0.5) is 4.79 Å². The van der Waals surface area contributed by atoms with E-state index < -0.39 is 11.7 Å². The first-order chi connectivity index (χ1) is 11.3. The van der Waals surface area contributed by atoms with Gasteiger partial charge in [-0.1, -0.05) is 18.2 Å². The molecule has 1 aromatic carbocycles. The minimum atomic E-state index is -0.542. The Labute approximate surface area is 141 Å². The molecule has 6 nitrogen and oxygen atoms in total. The van der Waals surface area contributed by atoms with Crippen LogP contribution in [0.5, 0.6) is 0 Å². The highest BCUT2D eigenvalue weighted by atomic mass is 16.6. The van der Waals surface area contributed by atoms with Crippen LogP contribution >= 0.6 is 0 Å². The molecule has 0 atom stereocenters. The van der Waals surface area contributed by atoms with E-state index in [9.17, 15) is 9.59 Å². The fourth-order valence-electron chi connectivity index (χ4n) is 2.24.